The SMILES string of the molecule is CCNCC1CCC(Cn2ncc3ccccc32)O1. The molecule has 1 aromatic heterocycles. The molecule has 1 fully saturated rings. The summed E-state index contributed by atoms with van der Waals surface area (Å²) >= 11 is 0. The van der Waals surface area contributed by atoms with Crippen LogP contribution < -0.4 is 5.32 Å². The van der Waals surface area contributed by atoms with E-state index in [1.165, 1.54) is 10.9 Å². The van der Waals surface area contributed by atoms with Crippen molar-refractivity contribution < 1.29 is 4.74 Å². The molecule has 1 N–H and O–H groups in total. The second kappa shape index (κ2) is 5.72. The Morgan fingerprint density at radius 3 is 3.05 bits per heavy atom. The highest BCUT2D eigenvalue weighted by Crippen LogP contribution is 2.22. The smallest absolute Gasteiger partial charge is 0.0776 e. The van der Waals surface area contributed by atoms with Gasteiger partial charge in [0, 0.05) is 11.9 Å². The molecule has 102 valence electrons. The van der Waals surface area contributed by atoms with Crippen LogP contribution in [0.15, 0.2) is 30.5 Å². The molecule has 1 aromatic carbocycles. The van der Waals surface area contributed by atoms with E-state index < -0.39 is 0 Å². The molecule has 0 aliphatic carbocycles. The van der Waals surface area contributed by atoms with Crippen LogP contribution in [-0.2, 0) is 11.3 Å². The monoisotopic (exact) mass is 259 g/mol. The van der Waals surface area contributed by atoms with E-state index in [9.17, 15) is 0 Å². The third-order valence-corrected chi connectivity index (χ3v) is 3.75. The Morgan fingerprint density at radius 2 is 2.16 bits per heavy atom. The van der Waals surface area contributed by atoms with E-state index in [4.69, 9.17) is 4.74 Å². The molecule has 4 nitrogen and oxygen atoms in total. The highest BCUT2D eigenvalue weighted by Gasteiger charge is 2.25. The van der Waals surface area contributed by atoms with E-state index in [1.807, 2.05) is 12.3 Å². The molecule has 1 saturated heterocycles. The molecule has 0 radical (unpaired) electrons. The molecule has 2 heterocycles. The highest BCUT2D eigenvalue weighted by molar-refractivity contribution is 5.78. The highest BCUT2D eigenvalue weighted by atomic mass is 16.5. The van der Waals surface area contributed by atoms with Crippen LogP contribution in [0.25, 0.3) is 10.9 Å². The summed E-state index contributed by atoms with van der Waals surface area (Å²) in [5.74, 6) is 0. The van der Waals surface area contributed by atoms with Crippen LogP contribution in [0.1, 0.15) is 19.8 Å². The lowest BCUT2D eigenvalue weighted by Gasteiger charge is -2.14. The molecule has 1 aliphatic rings. The zero-order valence-electron chi connectivity index (χ0n) is 11.4. The van der Waals surface area contributed by atoms with Crippen molar-refractivity contribution in [3.05, 3.63) is 30.5 Å². The topological polar surface area (TPSA) is 39.1 Å². The predicted octanol–water partition coefficient (Wildman–Crippen LogP) is 2.19. The molecule has 0 spiro atoms. The lowest BCUT2D eigenvalue weighted by atomic mass is 10.2. The lowest BCUT2D eigenvalue weighted by Crippen LogP contribution is -2.27. The first kappa shape index (κ1) is 12.6. The fourth-order valence-electron chi connectivity index (χ4n) is 2.73. The van der Waals surface area contributed by atoms with Gasteiger partial charge in [-0.2, -0.15) is 5.10 Å². The molecule has 2 atom stereocenters. The predicted molar refractivity (Wildman–Crippen MR) is 76.2 cm³/mol. The summed E-state index contributed by atoms with van der Waals surface area (Å²) < 4.78 is 8.13. The summed E-state index contributed by atoms with van der Waals surface area (Å²) in [5.41, 5.74) is 1.20. The summed E-state index contributed by atoms with van der Waals surface area (Å²) in [4.78, 5) is 0. The molecular weight excluding hydrogens is 238 g/mol. The Hall–Kier alpha value is -1.39. The van der Waals surface area contributed by atoms with Crippen molar-refractivity contribution in [2.75, 3.05) is 13.1 Å². The van der Waals surface area contributed by atoms with Gasteiger partial charge in [-0.3, -0.25) is 4.68 Å². The largest absolute Gasteiger partial charge is 0.372 e. The number of likely N-dealkylation sites (N-methyl/N-ethyl adjacent to an activating group) is 1. The van der Waals surface area contributed by atoms with Crippen LogP contribution in [0.5, 0.6) is 0 Å². The van der Waals surface area contributed by atoms with Gasteiger partial charge in [0.05, 0.1) is 30.5 Å². The average molecular weight is 259 g/mol. The minimum absolute atomic E-state index is 0.298. The van der Waals surface area contributed by atoms with E-state index >= 15 is 0 Å². The van der Waals surface area contributed by atoms with Crippen molar-refractivity contribution in [2.24, 2.45) is 0 Å². The van der Waals surface area contributed by atoms with Crippen molar-refractivity contribution in [1.82, 2.24) is 15.1 Å². The lowest BCUT2D eigenvalue weighted by molar-refractivity contribution is 0.0352. The van der Waals surface area contributed by atoms with Gasteiger partial charge in [-0.1, -0.05) is 25.1 Å². The zero-order valence-corrected chi connectivity index (χ0v) is 11.4. The Bertz CT molecular complexity index is 537. The van der Waals surface area contributed by atoms with E-state index in [0.717, 1.165) is 32.5 Å². The molecular formula is C15H21N3O. The maximum Gasteiger partial charge on any atom is 0.0776 e. The summed E-state index contributed by atoms with van der Waals surface area (Å²) in [7, 11) is 0. The average Bonchev–Trinajstić information content (AvgIpc) is 3.05. The number of nitrogens with one attached hydrogen (secondary N) is 1. The number of hydrogen-bond acceptors (Lipinski definition) is 3. The first-order chi connectivity index (χ1) is 9.36. The van der Waals surface area contributed by atoms with Gasteiger partial charge < -0.3 is 10.1 Å². The fraction of sp³-hybridized carbons (Fsp3) is 0.533. The summed E-state index contributed by atoms with van der Waals surface area (Å²) in [6.45, 7) is 4.96. The van der Waals surface area contributed by atoms with Crippen LogP contribution >= 0.6 is 0 Å². The second-order valence-corrected chi connectivity index (χ2v) is 5.15. The Balaban J connectivity index is 1.63. The molecule has 19 heavy (non-hydrogen) atoms. The van der Waals surface area contributed by atoms with Crippen LogP contribution in [0, 0.1) is 0 Å². The third-order valence-electron chi connectivity index (χ3n) is 3.75. The van der Waals surface area contributed by atoms with Gasteiger partial charge in [-0.15, -0.1) is 0 Å². The Kier molecular flexibility index (Phi) is 3.80. The van der Waals surface area contributed by atoms with Gasteiger partial charge in [-0.25, -0.2) is 0 Å². The number of para-hydroxylation sites is 1. The number of hydrogen-bond donors (Lipinski definition) is 1. The summed E-state index contributed by atoms with van der Waals surface area (Å²) in [6.07, 6.45) is 4.88. The Morgan fingerprint density at radius 1 is 1.32 bits per heavy atom. The number of ether oxygens (including phenoxy) is 1. The van der Waals surface area contributed by atoms with Crippen molar-refractivity contribution in [2.45, 2.75) is 38.5 Å². The molecule has 4 heteroatoms. The number of aromatic nitrogens is 2. The van der Waals surface area contributed by atoms with Gasteiger partial charge in [0.2, 0.25) is 0 Å². The van der Waals surface area contributed by atoms with Crippen LogP contribution in [0.4, 0.5) is 0 Å². The molecule has 0 bridgehead atoms. The summed E-state index contributed by atoms with van der Waals surface area (Å²) in [5, 5.41) is 9.02. The maximum atomic E-state index is 6.06. The second-order valence-electron chi connectivity index (χ2n) is 5.15. The van der Waals surface area contributed by atoms with E-state index in [-0.39, 0.29) is 0 Å². The molecule has 0 saturated carbocycles. The van der Waals surface area contributed by atoms with Crippen molar-refractivity contribution >= 4 is 10.9 Å². The van der Waals surface area contributed by atoms with Gasteiger partial charge in [0.25, 0.3) is 0 Å². The number of nitrogens with zero attached hydrogens (tertiary/aromatic N) is 2. The molecule has 0 amide bonds. The van der Waals surface area contributed by atoms with E-state index in [1.54, 1.807) is 0 Å². The van der Waals surface area contributed by atoms with Crippen LogP contribution in [0.3, 0.4) is 0 Å². The quantitative estimate of drug-likeness (QED) is 0.894. The summed E-state index contributed by atoms with van der Waals surface area (Å²) in [6, 6.07) is 8.33. The maximum absolute atomic E-state index is 6.06. The number of benzene rings is 1. The van der Waals surface area contributed by atoms with Crippen molar-refractivity contribution in [1.29, 1.82) is 0 Å². The van der Waals surface area contributed by atoms with Gasteiger partial charge in [0.1, 0.15) is 0 Å². The fourth-order valence-corrected chi connectivity index (χ4v) is 2.73. The first-order valence-corrected chi connectivity index (χ1v) is 7.13. The molecule has 2 unspecified atom stereocenters. The molecule has 1 aliphatic heterocycles. The number of fused-ring (bicyclic) bond motifs is 1. The van der Waals surface area contributed by atoms with E-state index in [2.05, 4.69) is 40.2 Å². The minimum Gasteiger partial charge on any atom is -0.372 e. The van der Waals surface area contributed by atoms with E-state index in [0.29, 0.717) is 12.2 Å². The third kappa shape index (κ3) is 2.80. The number of rotatable bonds is 5. The van der Waals surface area contributed by atoms with Gasteiger partial charge >= 0.3 is 0 Å². The van der Waals surface area contributed by atoms with Crippen LogP contribution in [0.2, 0.25) is 0 Å². The molecule has 3 rings (SSSR count). The zero-order chi connectivity index (χ0) is 13.1. The standard InChI is InChI=1S/C15H21N3O/c1-2-16-10-13-7-8-14(19-13)11-18-15-6-4-3-5-12(15)9-17-18/h3-6,9,13-14,16H,2,7-8,10-11H2,1H3. The van der Waals surface area contributed by atoms with Crippen molar-refractivity contribution in [3.63, 3.8) is 0 Å². The molecule has 2 aromatic rings. The first-order valence-electron chi connectivity index (χ1n) is 7.13. The minimum atomic E-state index is 0.298. The normalized spacial score (nSPS) is 23.2. The van der Waals surface area contributed by atoms with Crippen molar-refractivity contribution in [3.8, 4) is 0 Å². The van der Waals surface area contributed by atoms with Crippen LogP contribution in [-0.4, -0.2) is 35.1 Å². The van der Waals surface area contributed by atoms with Gasteiger partial charge in [0.15, 0.2) is 0 Å². The van der Waals surface area contributed by atoms with Gasteiger partial charge in [-0.05, 0) is 25.5 Å². The Labute approximate surface area is 113 Å².